The van der Waals surface area contributed by atoms with Crippen LogP contribution in [0, 0.1) is 0 Å². The third kappa shape index (κ3) is 1.76. The summed E-state index contributed by atoms with van der Waals surface area (Å²) < 4.78 is 0. The number of carboxylic acid groups (broad SMARTS) is 1. The van der Waals surface area contributed by atoms with Gasteiger partial charge in [-0.15, -0.1) is 0 Å². The van der Waals surface area contributed by atoms with Crippen LogP contribution in [0.2, 0.25) is 0 Å². The van der Waals surface area contributed by atoms with Crippen LogP contribution in [0.5, 0.6) is 0 Å². The van der Waals surface area contributed by atoms with Gasteiger partial charge in [-0.3, -0.25) is 4.79 Å². The number of rotatable bonds is 3. The van der Waals surface area contributed by atoms with Crippen molar-refractivity contribution in [3.8, 4) is 0 Å². The van der Waals surface area contributed by atoms with E-state index in [0.29, 0.717) is 5.92 Å². The lowest BCUT2D eigenvalue weighted by atomic mass is 9.91. The van der Waals surface area contributed by atoms with E-state index in [9.17, 15) is 9.90 Å². The van der Waals surface area contributed by atoms with Gasteiger partial charge >= 0.3 is 5.97 Å². The maximum atomic E-state index is 11.2. The van der Waals surface area contributed by atoms with E-state index in [0.717, 1.165) is 18.4 Å². The summed E-state index contributed by atoms with van der Waals surface area (Å²) in [5.74, 6) is 0.0511. The normalized spacial score (nSPS) is 22.6. The first-order valence-electron chi connectivity index (χ1n) is 6.56. The predicted molar refractivity (Wildman–Crippen MR) is 66.2 cm³/mol. The van der Waals surface area contributed by atoms with Gasteiger partial charge in [0, 0.05) is 0 Å². The fraction of sp³-hybridized carbons (Fsp3) is 0.533. The van der Waals surface area contributed by atoms with Crippen molar-refractivity contribution in [3.05, 3.63) is 35.4 Å². The molecule has 0 unspecified atom stereocenters. The lowest BCUT2D eigenvalue weighted by Gasteiger charge is -2.13. The zero-order chi connectivity index (χ0) is 11.9. The lowest BCUT2D eigenvalue weighted by Crippen LogP contribution is -2.19. The summed E-state index contributed by atoms with van der Waals surface area (Å²) in [5.41, 5.74) is 1.84. The maximum absolute atomic E-state index is 11.2. The number of hydrogen-bond acceptors (Lipinski definition) is 1. The summed E-state index contributed by atoms with van der Waals surface area (Å²) in [5, 5.41) is 9.24. The summed E-state index contributed by atoms with van der Waals surface area (Å²) in [4.78, 5) is 11.2. The van der Waals surface area contributed by atoms with Crippen molar-refractivity contribution in [2.45, 2.75) is 49.9 Å². The van der Waals surface area contributed by atoms with Gasteiger partial charge in [-0.25, -0.2) is 0 Å². The Balaban J connectivity index is 1.83. The van der Waals surface area contributed by atoms with Crippen molar-refractivity contribution < 1.29 is 9.90 Å². The van der Waals surface area contributed by atoms with Crippen molar-refractivity contribution >= 4 is 5.97 Å². The molecule has 90 valence electrons. The molecule has 0 spiro atoms. The van der Waals surface area contributed by atoms with Crippen LogP contribution in [-0.2, 0) is 10.2 Å². The van der Waals surface area contributed by atoms with Gasteiger partial charge in [0.1, 0.15) is 0 Å². The molecule has 2 fully saturated rings. The van der Waals surface area contributed by atoms with Crippen LogP contribution in [0.25, 0.3) is 0 Å². The molecule has 0 radical (unpaired) electrons. The lowest BCUT2D eigenvalue weighted by molar-refractivity contribution is -0.140. The summed E-state index contributed by atoms with van der Waals surface area (Å²) in [7, 11) is 0. The van der Waals surface area contributed by atoms with Crippen molar-refractivity contribution in [1.29, 1.82) is 0 Å². The third-order valence-electron chi connectivity index (χ3n) is 4.45. The van der Waals surface area contributed by atoms with E-state index in [2.05, 4.69) is 12.1 Å². The van der Waals surface area contributed by atoms with Crippen molar-refractivity contribution in [1.82, 2.24) is 0 Å². The molecule has 2 heteroatoms. The van der Waals surface area contributed by atoms with Gasteiger partial charge in [0.25, 0.3) is 0 Å². The molecule has 0 amide bonds. The minimum absolute atomic E-state index is 0.547. The molecule has 1 N–H and O–H groups in total. The molecule has 1 aromatic carbocycles. The van der Waals surface area contributed by atoms with E-state index in [1.807, 2.05) is 12.1 Å². The van der Waals surface area contributed by atoms with Crippen LogP contribution >= 0.6 is 0 Å². The van der Waals surface area contributed by atoms with Gasteiger partial charge in [-0.05, 0) is 42.7 Å². The summed E-state index contributed by atoms with van der Waals surface area (Å²) in [6.45, 7) is 0. The van der Waals surface area contributed by atoms with Crippen molar-refractivity contribution in [2.75, 3.05) is 0 Å². The predicted octanol–water partition coefficient (Wildman–Crippen LogP) is 3.46. The summed E-state index contributed by atoms with van der Waals surface area (Å²) in [6.07, 6.45) is 6.86. The molecule has 0 aliphatic heterocycles. The van der Waals surface area contributed by atoms with Gasteiger partial charge in [-0.1, -0.05) is 37.1 Å². The van der Waals surface area contributed by atoms with E-state index >= 15 is 0 Å². The summed E-state index contributed by atoms with van der Waals surface area (Å²) in [6, 6.07) is 8.37. The number of aliphatic carboxylic acids is 1. The van der Waals surface area contributed by atoms with Gasteiger partial charge in [0.05, 0.1) is 5.41 Å². The molecule has 3 rings (SSSR count). The van der Waals surface area contributed by atoms with E-state index in [4.69, 9.17) is 0 Å². The maximum Gasteiger partial charge on any atom is 0.314 e. The van der Waals surface area contributed by atoms with Gasteiger partial charge < -0.3 is 5.11 Å². The molecule has 0 saturated heterocycles. The Bertz CT molecular complexity index is 423. The highest BCUT2D eigenvalue weighted by atomic mass is 16.4. The second-order valence-corrected chi connectivity index (χ2v) is 5.49. The van der Waals surface area contributed by atoms with Crippen LogP contribution in [0.4, 0.5) is 0 Å². The molecular weight excluding hydrogens is 212 g/mol. The first-order valence-corrected chi connectivity index (χ1v) is 6.56. The first-order chi connectivity index (χ1) is 8.22. The molecule has 1 aromatic rings. The molecule has 0 aromatic heterocycles. The largest absolute Gasteiger partial charge is 0.481 e. The zero-order valence-electron chi connectivity index (χ0n) is 9.98. The Kier molecular flexibility index (Phi) is 2.46. The molecule has 0 bridgehead atoms. The second-order valence-electron chi connectivity index (χ2n) is 5.49. The molecule has 2 nitrogen and oxygen atoms in total. The fourth-order valence-corrected chi connectivity index (χ4v) is 3.08. The Morgan fingerprint density at radius 3 is 2.18 bits per heavy atom. The quantitative estimate of drug-likeness (QED) is 0.863. The molecule has 2 saturated carbocycles. The second kappa shape index (κ2) is 3.86. The Morgan fingerprint density at radius 2 is 1.71 bits per heavy atom. The Morgan fingerprint density at radius 1 is 1.12 bits per heavy atom. The molecule has 2 aliphatic carbocycles. The monoisotopic (exact) mass is 230 g/mol. The standard InChI is InChI=1S/C15H18O2/c16-14(17)15(9-10-15)13-7-5-12(6-8-13)11-3-1-2-4-11/h5-8,11H,1-4,9-10H2,(H,16,17). The van der Waals surface area contributed by atoms with E-state index in [1.54, 1.807) is 0 Å². The number of carboxylic acids is 1. The Hall–Kier alpha value is -1.31. The highest BCUT2D eigenvalue weighted by Crippen LogP contribution is 2.48. The van der Waals surface area contributed by atoms with Crippen LogP contribution in [0.3, 0.4) is 0 Å². The van der Waals surface area contributed by atoms with E-state index in [-0.39, 0.29) is 0 Å². The Labute approximate surface area is 102 Å². The van der Waals surface area contributed by atoms with Crippen LogP contribution < -0.4 is 0 Å². The fourth-order valence-electron chi connectivity index (χ4n) is 3.08. The molecule has 17 heavy (non-hydrogen) atoms. The smallest absolute Gasteiger partial charge is 0.314 e. The van der Waals surface area contributed by atoms with Crippen LogP contribution in [-0.4, -0.2) is 11.1 Å². The summed E-state index contributed by atoms with van der Waals surface area (Å²) >= 11 is 0. The minimum atomic E-state index is -0.661. The van der Waals surface area contributed by atoms with E-state index in [1.165, 1.54) is 31.2 Å². The molecular formula is C15H18O2. The van der Waals surface area contributed by atoms with Gasteiger partial charge in [-0.2, -0.15) is 0 Å². The SMILES string of the molecule is O=C(O)C1(c2ccc(C3CCCC3)cc2)CC1. The topological polar surface area (TPSA) is 37.3 Å². The average Bonchev–Trinajstić information content (AvgIpc) is 2.98. The zero-order valence-corrected chi connectivity index (χ0v) is 9.98. The van der Waals surface area contributed by atoms with Gasteiger partial charge in [0.15, 0.2) is 0 Å². The minimum Gasteiger partial charge on any atom is -0.481 e. The molecule has 0 atom stereocenters. The highest BCUT2D eigenvalue weighted by Gasteiger charge is 2.51. The molecule has 0 heterocycles. The number of benzene rings is 1. The van der Waals surface area contributed by atoms with Crippen LogP contribution in [0.1, 0.15) is 55.6 Å². The number of carbonyl (C=O) groups is 1. The van der Waals surface area contributed by atoms with Crippen LogP contribution in [0.15, 0.2) is 24.3 Å². The van der Waals surface area contributed by atoms with Crippen molar-refractivity contribution in [2.24, 2.45) is 0 Å². The average molecular weight is 230 g/mol. The van der Waals surface area contributed by atoms with E-state index < -0.39 is 11.4 Å². The first kappa shape index (κ1) is 10.8. The third-order valence-corrected chi connectivity index (χ3v) is 4.45. The highest BCUT2D eigenvalue weighted by molar-refractivity contribution is 5.84. The number of hydrogen-bond donors (Lipinski definition) is 1. The van der Waals surface area contributed by atoms with Crippen molar-refractivity contribution in [3.63, 3.8) is 0 Å². The van der Waals surface area contributed by atoms with Gasteiger partial charge in [0.2, 0.25) is 0 Å². The molecule has 2 aliphatic rings.